The topological polar surface area (TPSA) is 88.3 Å². The Hall–Kier alpha value is -2.81. The minimum Gasteiger partial charge on any atom is -0.355 e. The summed E-state index contributed by atoms with van der Waals surface area (Å²) in [6, 6.07) is 8.64. The number of aryl methyl sites for hydroxylation is 1. The van der Waals surface area contributed by atoms with Crippen molar-refractivity contribution in [2.75, 3.05) is 36.0 Å². The van der Waals surface area contributed by atoms with Crippen molar-refractivity contribution in [1.29, 1.82) is 0 Å². The first-order valence-corrected chi connectivity index (χ1v) is 9.79. The third-order valence-corrected chi connectivity index (χ3v) is 5.55. The fourth-order valence-corrected chi connectivity index (χ4v) is 4.05. The molecule has 1 fully saturated rings. The van der Waals surface area contributed by atoms with Gasteiger partial charge in [0, 0.05) is 61.7 Å². The number of non-ortho nitro benzene ring substituents is 1. The normalized spacial score (nSPS) is 15.1. The Morgan fingerprint density at radius 2 is 1.93 bits per heavy atom. The van der Waals surface area contributed by atoms with Crippen molar-refractivity contribution in [1.82, 2.24) is 14.3 Å². The van der Waals surface area contributed by atoms with E-state index in [1.165, 1.54) is 17.6 Å². The van der Waals surface area contributed by atoms with Crippen molar-refractivity contribution in [3.8, 4) is 0 Å². The van der Waals surface area contributed by atoms with Gasteiger partial charge in [0.05, 0.1) is 10.4 Å². The summed E-state index contributed by atoms with van der Waals surface area (Å²) < 4.78 is 4.39. The van der Waals surface area contributed by atoms with Crippen LogP contribution in [0.4, 0.5) is 16.6 Å². The van der Waals surface area contributed by atoms with E-state index in [0.717, 1.165) is 66.7 Å². The van der Waals surface area contributed by atoms with Gasteiger partial charge < -0.3 is 9.80 Å². The van der Waals surface area contributed by atoms with Gasteiger partial charge in [0.2, 0.25) is 5.13 Å². The number of aromatic nitrogens is 3. The zero-order valence-corrected chi connectivity index (χ0v) is 15.9. The molecular formula is C18H20N6O2S. The molecule has 1 aliphatic heterocycles. The van der Waals surface area contributed by atoms with Crippen LogP contribution in [0.15, 0.2) is 30.3 Å². The average Bonchev–Trinajstić information content (AvgIpc) is 3.04. The van der Waals surface area contributed by atoms with Gasteiger partial charge in [-0.15, -0.1) is 0 Å². The lowest BCUT2D eigenvalue weighted by atomic mass is 10.2. The number of fused-ring (bicyclic) bond motifs is 1. The lowest BCUT2D eigenvalue weighted by Crippen LogP contribution is -2.31. The van der Waals surface area contributed by atoms with Gasteiger partial charge in [-0.3, -0.25) is 10.1 Å². The van der Waals surface area contributed by atoms with Gasteiger partial charge in [-0.25, -0.2) is 9.97 Å². The molecule has 140 valence electrons. The van der Waals surface area contributed by atoms with Crippen molar-refractivity contribution in [2.45, 2.75) is 19.8 Å². The second kappa shape index (κ2) is 7.43. The third-order valence-electron chi connectivity index (χ3n) is 4.73. The summed E-state index contributed by atoms with van der Waals surface area (Å²) in [5.74, 6) is 1.81. The summed E-state index contributed by atoms with van der Waals surface area (Å²) in [4.78, 5) is 24.4. The van der Waals surface area contributed by atoms with E-state index in [9.17, 15) is 10.1 Å². The number of nitro benzene ring substituents is 1. The molecule has 27 heavy (non-hydrogen) atoms. The first-order valence-electron chi connectivity index (χ1n) is 9.01. The van der Waals surface area contributed by atoms with Crippen LogP contribution in [0.1, 0.15) is 19.2 Å². The van der Waals surface area contributed by atoms with Crippen LogP contribution < -0.4 is 9.80 Å². The minimum absolute atomic E-state index is 0.0889. The Morgan fingerprint density at radius 1 is 1.11 bits per heavy atom. The van der Waals surface area contributed by atoms with Crippen LogP contribution in [-0.2, 0) is 6.42 Å². The number of hydrogen-bond donors (Lipinski definition) is 0. The maximum Gasteiger partial charge on any atom is 0.270 e. The molecule has 1 aliphatic rings. The van der Waals surface area contributed by atoms with Crippen LogP contribution in [-0.4, -0.2) is 45.4 Å². The number of hydrogen-bond acceptors (Lipinski definition) is 8. The molecule has 0 radical (unpaired) electrons. The number of pyridine rings is 1. The largest absolute Gasteiger partial charge is 0.355 e. The van der Waals surface area contributed by atoms with E-state index in [0.29, 0.717) is 0 Å². The molecular weight excluding hydrogens is 364 g/mol. The van der Waals surface area contributed by atoms with Crippen LogP contribution in [0.3, 0.4) is 0 Å². The Kier molecular flexibility index (Phi) is 4.85. The van der Waals surface area contributed by atoms with Gasteiger partial charge in [-0.05, 0) is 24.6 Å². The van der Waals surface area contributed by atoms with E-state index in [-0.39, 0.29) is 10.6 Å². The Bertz CT molecular complexity index is 975. The number of benzene rings is 1. The van der Waals surface area contributed by atoms with Crippen LogP contribution >= 0.6 is 11.5 Å². The minimum atomic E-state index is -0.381. The lowest BCUT2D eigenvalue weighted by molar-refractivity contribution is -0.384. The molecule has 0 bridgehead atoms. The Labute approximate surface area is 160 Å². The molecule has 0 N–H and O–H groups in total. The molecule has 0 atom stereocenters. The molecule has 3 heterocycles. The van der Waals surface area contributed by atoms with Crippen molar-refractivity contribution >= 4 is 39.1 Å². The Morgan fingerprint density at radius 3 is 2.70 bits per heavy atom. The molecule has 1 aromatic carbocycles. The molecule has 3 aromatic rings. The smallest absolute Gasteiger partial charge is 0.270 e. The van der Waals surface area contributed by atoms with Crippen molar-refractivity contribution in [3.63, 3.8) is 0 Å². The van der Waals surface area contributed by atoms with Crippen LogP contribution in [0.5, 0.6) is 0 Å². The SMILES string of the molecule is CCc1nsc(N2CCCN(c3ccc4cc([N+](=O)[O-])ccc4n3)CC2)n1. The number of nitrogens with zero attached hydrogens (tertiary/aromatic N) is 6. The van der Waals surface area contributed by atoms with Gasteiger partial charge in [-0.1, -0.05) is 6.92 Å². The van der Waals surface area contributed by atoms with Gasteiger partial charge >= 0.3 is 0 Å². The van der Waals surface area contributed by atoms with Gasteiger partial charge in [0.15, 0.2) is 0 Å². The summed E-state index contributed by atoms with van der Waals surface area (Å²) in [5, 5.41) is 12.7. The predicted molar refractivity (Wildman–Crippen MR) is 107 cm³/mol. The zero-order chi connectivity index (χ0) is 18.8. The number of anilines is 2. The lowest BCUT2D eigenvalue weighted by Gasteiger charge is -2.22. The number of nitro groups is 1. The highest BCUT2D eigenvalue weighted by Crippen LogP contribution is 2.24. The van der Waals surface area contributed by atoms with E-state index < -0.39 is 0 Å². The summed E-state index contributed by atoms with van der Waals surface area (Å²) in [6.07, 6.45) is 1.87. The second-order valence-corrected chi connectivity index (χ2v) is 7.21. The maximum atomic E-state index is 10.9. The van der Waals surface area contributed by atoms with E-state index >= 15 is 0 Å². The highest BCUT2D eigenvalue weighted by atomic mass is 32.1. The van der Waals surface area contributed by atoms with Crippen LogP contribution in [0.25, 0.3) is 10.9 Å². The summed E-state index contributed by atoms with van der Waals surface area (Å²) in [6.45, 7) is 5.66. The molecule has 2 aromatic heterocycles. The molecule has 1 saturated heterocycles. The third kappa shape index (κ3) is 3.68. The van der Waals surface area contributed by atoms with Gasteiger partial charge in [0.25, 0.3) is 5.69 Å². The first-order chi connectivity index (χ1) is 13.1. The molecule has 8 nitrogen and oxygen atoms in total. The molecule has 0 amide bonds. The maximum absolute atomic E-state index is 10.9. The fraction of sp³-hybridized carbons (Fsp3) is 0.389. The predicted octanol–water partition coefficient (Wildman–Crippen LogP) is 3.27. The molecule has 0 saturated carbocycles. The van der Waals surface area contributed by atoms with E-state index in [4.69, 9.17) is 4.98 Å². The molecule has 0 aliphatic carbocycles. The fourth-order valence-electron chi connectivity index (χ4n) is 3.25. The van der Waals surface area contributed by atoms with Gasteiger partial charge in [-0.2, -0.15) is 4.37 Å². The summed E-state index contributed by atoms with van der Waals surface area (Å²) >= 11 is 1.47. The van der Waals surface area contributed by atoms with Crippen molar-refractivity contribution in [3.05, 3.63) is 46.3 Å². The van der Waals surface area contributed by atoms with Crippen molar-refractivity contribution < 1.29 is 4.92 Å². The second-order valence-electron chi connectivity index (χ2n) is 6.48. The Balaban J connectivity index is 1.51. The summed E-state index contributed by atoms with van der Waals surface area (Å²) in [5.41, 5.74) is 0.863. The first kappa shape index (κ1) is 17.6. The standard InChI is InChI=1S/C18H20N6O2S/c1-2-16-20-18(27-21-16)23-9-3-8-22(10-11-23)17-7-4-13-12-14(24(25)26)5-6-15(13)19-17/h4-7,12H,2-3,8-11H2,1H3. The van der Waals surface area contributed by atoms with Gasteiger partial charge in [0.1, 0.15) is 11.6 Å². The highest BCUT2D eigenvalue weighted by molar-refractivity contribution is 7.09. The summed E-state index contributed by atoms with van der Waals surface area (Å²) in [7, 11) is 0. The average molecular weight is 384 g/mol. The molecule has 0 spiro atoms. The van der Waals surface area contributed by atoms with Crippen LogP contribution in [0, 0.1) is 10.1 Å². The molecule has 9 heteroatoms. The van der Waals surface area contributed by atoms with Crippen LogP contribution in [0.2, 0.25) is 0 Å². The highest BCUT2D eigenvalue weighted by Gasteiger charge is 2.19. The van der Waals surface area contributed by atoms with E-state index in [1.54, 1.807) is 12.1 Å². The van der Waals surface area contributed by atoms with Crippen molar-refractivity contribution in [2.24, 2.45) is 0 Å². The molecule has 4 rings (SSSR count). The van der Waals surface area contributed by atoms with E-state index in [1.807, 2.05) is 12.1 Å². The molecule has 0 unspecified atom stereocenters. The number of rotatable bonds is 4. The van der Waals surface area contributed by atoms with E-state index in [2.05, 4.69) is 26.1 Å². The quantitative estimate of drug-likeness (QED) is 0.504. The monoisotopic (exact) mass is 384 g/mol. The zero-order valence-electron chi connectivity index (χ0n) is 15.0.